The van der Waals surface area contributed by atoms with E-state index < -0.39 is 28.0 Å². The first kappa shape index (κ1) is 23.0. The van der Waals surface area contributed by atoms with E-state index in [4.69, 9.17) is 4.74 Å². The van der Waals surface area contributed by atoms with Gasteiger partial charge in [-0.1, -0.05) is 36.8 Å². The maximum atomic E-state index is 12.7. The lowest BCUT2D eigenvalue weighted by Crippen LogP contribution is -2.35. The van der Waals surface area contributed by atoms with Gasteiger partial charge in [0.2, 0.25) is 10.0 Å². The first-order valence-corrected chi connectivity index (χ1v) is 11.9. The molecule has 0 aromatic heterocycles. The van der Waals surface area contributed by atoms with Gasteiger partial charge in [0.25, 0.3) is 5.91 Å². The molecule has 1 heterocycles. The standard InChI is InChI=1S/C23H28N2O5S/c1-18(30-22(26)15-10-19-8-4-2-5-9-19)23(27)24-20-11-13-21(14-12-20)31(28,29)25-16-6-3-7-17-25/h2,4-5,8-9,11-14,18H,3,6-7,10,15-17H2,1H3,(H,24,27)/t18-/m0/s1. The molecule has 31 heavy (non-hydrogen) atoms. The number of aryl methyl sites for hydroxylation is 1. The number of sulfonamides is 1. The van der Waals surface area contributed by atoms with Gasteiger partial charge in [-0.15, -0.1) is 0 Å². The van der Waals surface area contributed by atoms with E-state index in [9.17, 15) is 18.0 Å². The van der Waals surface area contributed by atoms with Crippen LogP contribution in [-0.4, -0.2) is 43.8 Å². The molecule has 1 atom stereocenters. The van der Waals surface area contributed by atoms with Crippen molar-refractivity contribution in [3.8, 4) is 0 Å². The second-order valence-electron chi connectivity index (χ2n) is 7.60. The third kappa shape index (κ3) is 6.38. The minimum Gasteiger partial charge on any atom is -0.453 e. The Morgan fingerprint density at radius 1 is 1.00 bits per heavy atom. The second kappa shape index (κ2) is 10.5. The SMILES string of the molecule is C[C@H](OC(=O)CCc1ccccc1)C(=O)Nc1ccc(S(=O)(=O)N2CCCCC2)cc1. The zero-order valence-corrected chi connectivity index (χ0v) is 18.4. The fraction of sp³-hybridized carbons (Fsp3) is 0.391. The van der Waals surface area contributed by atoms with Gasteiger partial charge in [-0.2, -0.15) is 4.31 Å². The maximum Gasteiger partial charge on any atom is 0.306 e. The van der Waals surface area contributed by atoms with E-state index in [1.807, 2.05) is 30.3 Å². The van der Waals surface area contributed by atoms with Crippen LogP contribution in [0.5, 0.6) is 0 Å². The highest BCUT2D eigenvalue weighted by Gasteiger charge is 2.26. The summed E-state index contributed by atoms with van der Waals surface area (Å²) in [5, 5.41) is 2.65. The largest absolute Gasteiger partial charge is 0.453 e. The van der Waals surface area contributed by atoms with Gasteiger partial charge >= 0.3 is 5.97 Å². The molecular formula is C23H28N2O5S. The van der Waals surface area contributed by atoms with Gasteiger partial charge in [-0.25, -0.2) is 8.42 Å². The fourth-order valence-corrected chi connectivity index (χ4v) is 4.93. The van der Waals surface area contributed by atoms with Gasteiger partial charge in [-0.05, 0) is 56.0 Å². The maximum absolute atomic E-state index is 12.7. The predicted molar refractivity (Wildman–Crippen MR) is 118 cm³/mol. The Bertz CT molecular complexity index is 984. The summed E-state index contributed by atoms with van der Waals surface area (Å²) in [4.78, 5) is 24.6. The van der Waals surface area contributed by atoms with Crippen LogP contribution in [0.25, 0.3) is 0 Å². The van der Waals surface area contributed by atoms with Crippen LogP contribution < -0.4 is 5.32 Å². The molecule has 2 aromatic carbocycles. The normalized spacial score (nSPS) is 15.8. The van der Waals surface area contributed by atoms with Crippen molar-refractivity contribution in [2.45, 2.75) is 50.0 Å². The summed E-state index contributed by atoms with van der Waals surface area (Å²) in [6.07, 6.45) is 2.56. The van der Waals surface area contributed by atoms with Gasteiger partial charge < -0.3 is 10.1 Å². The quantitative estimate of drug-likeness (QED) is 0.630. The number of rotatable bonds is 8. The van der Waals surface area contributed by atoms with Crippen LogP contribution >= 0.6 is 0 Å². The number of ether oxygens (including phenoxy) is 1. The van der Waals surface area contributed by atoms with E-state index in [-0.39, 0.29) is 11.3 Å². The molecule has 1 aliphatic rings. The van der Waals surface area contributed by atoms with Crippen molar-refractivity contribution in [1.29, 1.82) is 0 Å². The van der Waals surface area contributed by atoms with Crippen LogP contribution in [0.15, 0.2) is 59.5 Å². The molecule has 7 nitrogen and oxygen atoms in total. The number of carbonyl (C=O) groups is 2. The average molecular weight is 445 g/mol. The lowest BCUT2D eigenvalue weighted by molar-refractivity contribution is -0.153. The molecule has 166 valence electrons. The summed E-state index contributed by atoms with van der Waals surface area (Å²) in [6, 6.07) is 15.6. The van der Waals surface area contributed by atoms with Crippen molar-refractivity contribution >= 4 is 27.6 Å². The van der Waals surface area contributed by atoms with Gasteiger partial charge in [0.15, 0.2) is 6.10 Å². The van der Waals surface area contributed by atoms with E-state index in [1.165, 1.54) is 23.4 Å². The summed E-state index contributed by atoms with van der Waals surface area (Å²) in [7, 11) is -3.52. The summed E-state index contributed by atoms with van der Waals surface area (Å²) in [6.45, 7) is 2.58. The topological polar surface area (TPSA) is 92.8 Å². The van der Waals surface area contributed by atoms with Crippen LogP contribution in [0, 0.1) is 0 Å². The summed E-state index contributed by atoms with van der Waals surface area (Å²) < 4.78 is 32.1. The molecule has 1 N–H and O–H groups in total. The lowest BCUT2D eigenvalue weighted by atomic mass is 10.1. The molecule has 0 radical (unpaired) electrons. The Hall–Kier alpha value is -2.71. The zero-order valence-electron chi connectivity index (χ0n) is 17.6. The van der Waals surface area contributed by atoms with Crippen molar-refractivity contribution in [2.75, 3.05) is 18.4 Å². The molecule has 0 saturated carbocycles. The van der Waals surface area contributed by atoms with Gasteiger partial charge in [-0.3, -0.25) is 9.59 Å². The first-order valence-electron chi connectivity index (χ1n) is 10.5. The molecule has 0 bridgehead atoms. The van der Waals surface area contributed by atoms with E-state index in [0.29, 0.717) is 25.2 Å². The van der Waals surface area contributed by atoms with Crippen LogP contribution in [-0.2, 0) is 30.8 Å². The van der Waals surface area contributed by atoms with Crippen LogP contribution in [0.2, 0.25) is 0 Å². The van der Waals surface area contributed by atoms with E-state index in [1.54, 1.807) is 12.1 Å². The highest BCUT2D eigenvalue weighted by Crippen LogP contribution is 2.22. The van der Waals surface area contributed by atoms with Crippen molar-refractivity contribution in [1.82, 2.24) is 4.31 Å². The number of piperidine rings is 1. The highest BCUT2D eigenvalue weighted by molar-refractivity contribution is 7.89. The Morgan fingerprint density at radius 3 is 2.29 bits per heavy atom. The third-order valence-corrected chi connectivity index (χ3v) is 7.13. The van der Waals surface area contributed by atoms with Crippen LogP contribution in [0.4, 0.5) is 5.69 Å². The van der Waals surface area contributed by atoms with Crippen molar-refractivity contribution in [2.24, 2.45) is 0 Å². The zero-order chi connectivity index (χ0) is 22.3. The number of benzene rings is 2. The predicted octanol–water partition coefficient (Wildman–Crippen LogP) is 3.36. The Labute approximate surface area is 183 Å². The number of esters is 1. The van der Waals surface area contributed by atoms with E-state index >= 15 is 0 Å². The molecule has 1 fully saturated rings. The monoisotopic (exact) mass is 444 g/mol. The minimum atomic E-state index is -3.52. The van der Waals surface area contributed by atoms with Gasteiger partial charge in [0, 0.05) is 25.2 Å². The smallest absolute Gasteiger partial charge is 0.306 e. The van der Waals surface area contributed by atoms with Gasteiger partial charge in [0.1, 0.15) is 0 Å². The molecule has 3 rings (SSSR count). The van der Waals surface area contributed by atoms with Crippen molar-refractivity contribution in [3.05, 3.63) is 60.2 Å². The Morgan fingerprint density at radius 2 is 1.65 bits per heavy atom. The fourth-order valence-electron chi connectivity index (χ4n) is 3.41. The Balaban J connectivity index is 1.50. The number of anilines is 1. The summed E-state index contributed by atoms with van der Waals surface area (Å²) >= 11 is 0. The molecule has 8 heteroatoms. The van der Waals surface area contributed by atoms with Crippen LogP contribution in [0.1, 0.15) is 38.2 Å². The summed E-state index contributed by atoms with van der Waals surface area (Å²) in [5.74, 6) is -0.922. The third-order valence-electron chi connectivity index (χ3n) is 5.21. The average Bonchev–Trinajstić information content (AvgIpc) is 2.79. The highest BCUT2D eigenvalue weighted by atomic mass is 32.2. The number of hydrogen-bond acceptors (Lipinski definition) is 5. The number of nitrogens with one attached hydrogen (secondary N) is 1. The van der Waals surface area contributed by atoms with Crippen LogP contribution in [0.3, 0.4) is 0 Å². The Kier molecular flexibility index (Phi) is 7.81. The molecular weight excluding hydrogens is 416 g/mol. The lowest BCUT2D eigenvalue weighted by Gasteiger charge is -2.25. The molecule has 0 unspecified atom stereocenters. The number of amides is 1. The van der Waals surface area contributed by atoms with Gasteiger partial charge in [0.05, 0.1) is 4.90 Å². The number of nitrogens with zero attached hydrogens (tertiary/aromatic N) is 1. The molecule has 1 saturated heterocycles. The van der Waals surface area contributed by atoms with E-state index in [0.717, 1.165) is 24.8 Å². The minimum absolute atomic E-state index is 0.185. The molecule has 1 amide bonds. The van der Waals surface area contributed by atoms with E-state index in [2.05, 4.69) is 5.32 Å². The van der Waals surface area contributed by atoms with Crippen molar-refractivity contribution < 1.29 is 22.7 Å². The van der Waals surface area contributed by atoms with Crippen molar-refractivity contribution in [3.63, 3.8) is 0 Å². The molecule has 0 spiro atoms. The second-order valence-corrected chi connectivity index (χ2v) is 9.53. The summed E-state index contributed by atoms with van der Waals surface area (Å²) in [5.41, 5.74) is 1.46. The number of carbonyl (C=O) groups excluding carboxylic acids is 2. The number of hydrogen-bond donors (Lipinski definition) is 1. The molecule has 0 aliphatic carbocycles. The first-order chi connectivity index (χ1) is 14.9. The molecule has 2 aromatic rings. The molecule has 1 aliphatic heterocycles.